The quantitative estimate of drug-likeness (QED) is 0.239. The second kappa shape index (κ2) is 10.9. The second-order valence-corrected chi connectivity index (χ2v) is 13.0. The normalized spacial score (nSPS) is 18.8. The Morgan fingerprint density at radius 1 is 1.26 bits per heavy atom. The standard InChI is InChI=1S/C27H33N5O5S2/c1-5-19-15-31(39(35,36)25-13-28-10-9-23(25)37-19)14-18-11-24(38-17(18)4)21(12-26(33)34)20-7-8-22-27(16(20)3)29-30-32(22)6-2/h7-11,13,19,21,35-36H,5-6,12,14-15H2,1-4H3,(H,33,34). The second-order valence-electron chi connectivity index (χ2n) is 9.75. The van der Waals surface area contributed by atoms with Gasteiger partial charge in [-0.3, -0.25) is 18.9 Å². The molecule has 0 aliphatic carbocycles. The summed E-state index contributed by atoms with van der Waals surface area (Å²) in [5.74, 6) is -0.829. The maximum Gasteiger partial charge on any atom is 0.304 e. The number of pyridine rings is 1. The van der Waals surface area contributed by atoms with Crippen LogP contribution in [0.25, 0.3) is 11.0 Å². The maximum absolute atomic E-state index is 12.0. The predicted molar refractivity (Wildman–Crippen MR) is 152 cm³/mol. The Balaban J connectivity index is 1.51. The fraction of sp³-hybridized carbons (Fsp3) is 0.407. The maximum atomic E-state index is 12.0. The molecule has 1 aromatic carbocycles. The summed E-state index contributed by atoms with van der Waals surface area (Å²) in [4.78, 5) is 18.3. The molecule has 0 saturated carbocycles. The third-order valence-electron chi connectivity index (χ3n) is 7.32. The van der Waals surface area contributed by atoms with Gasteiger partial charge in [0, 0.05) is 41.0 Å². The molecule has 0 bridgehead atoms. The summed E-state index contributed by atoms with van der Waals surface area (Å²) in [6.07, 6.45) is 3.45. The molecule has 10 nitrogen and oxygen atoms in total. The van der Waals surface area contributed by atoms with Crippen LogP contribution in [-0.2, 0) is 17.9 Å². The first-order valence-corrected chi connectivity index (χ1v) is 15.2. The van der Waals surface area contributed by atoms with Crippen molar-refractivity contribution < 1.29 is 23.7 Å². The number of fused-ring (bicyclic) bond motifs is 2. The lowest BCUT2D eigenvalue weighted by Crippen LogP contribution is -2.34. The van der Waals surface area contributed by atoms with Gasteiger partial charge in [-0.15, -0.1) is 27.2 Å². The van der Waals surface area contributed by atoms with Gasteiger partial charge in [0.25, 0.3) is 0 Å². The van der Waals surface area contributed by atoms with Crippen LogP contribution in [0.15, 0.2) is 41.6 Å². The van der Waals surface area contributed by atoms with Crippen LogP contribution in [0.2, 0.25) is 0 Å². The minimum Gasteiger partial charge on any atom is -0.487 e. The first kappa shape index (κ1) is 27.5. The number of aliphatic carboxylic acids is 1. The number of thiophene rings is 1. The molecule has 0 fully saturated rings. The van der Waals surface area contributed by atoms with Crippen molar-refractivity contribution in [3.63, 3.8) is 0 Å². The van der Waals surface area contributed by atoms with Gasteiger partial charge in [-0.2, -0.15) is 4.31 Å². The van der Waals surface area contributed by atoms with E-state index >= 15 is 0 Å². The number of nitrogens with zero attached hydrogens (tertiary/aromatic N) is 5. The first-order valence-electron chi connectivity index (χ1n) is 12.9. The molecule has 39 heavy (non-hydrogen) atoms. The highest BCUT2D eigenvalue weighted by molar-refractivity contribution is 8.22. The van der Waals surface area contributed by atoms with Crippen molar-refractivity contribution in [3.05, 3.63) is 63.1 Å². The number of carboxylic acids is 1. The Kier molecular flexibility index (Phi) is 7.66. The Hall–Kier alpha value is -3.03. The molecule has 0 radical (unpaired) electrons. The zero-order valence-corrected chi connectivity index (χ0v) is 24.0. The molecule has 0 spiro atoms. The largest absolute Gasteiger partial charge is 0.487 e. The number of aryl methyl sites for hydroxylation is 3. The van der Waals surface area contributed by atoms with E-state index in [0.29, 0.717) is 25.3 Å². The van der Waals surface area contributed by atoms with Crippen LogP contribution in [0.3, 0.4) is 0 Å². The van der Waals surface area contributed by atoms with Crippen LogP contribution in [0, 0.1) is 13.8 Å². The fourth-order valence-electron chi connectivity index (χ4n) is 5.12. The van der Waals surface area contributed by atoms with Gasteiger partial charge in [0.05, 0.1) is 24.7 Å². The highest BCUT2D eigenvalue weighted by atomic mass is 32.3. The van der Waals surface area contributed by atoms with E-state index < -0.39 is 16.7 Å². The molecule has 4 heterocycles. The van der Waals surface area contributed by atoms with E-state index in [9.17, 15) is 19.0 Å². The fourth-order valence-corrected chi connectivity index (χ4v) is 7.84. The summed E-state index contributed by atoms with van der Waals surface area (Å²) < 4.78 is 32.3. The number of ether oxygens (including phenoxy) is 1. The molecule has 5 rings (SSSR count). The molecule has 4 aromatic rings. The summed E-state index contributed by atoms with van der Waals surface area (Å²) in [5.41, 5.74) is 4.43. The van der Waals surface area contributed by atoms with Crippen LogP contribution < -0.4 is 4.74 Å². The van der Waals surface area contributed by atoms with Gasteiger partial charge in [-0.05, 0) is 56.0 Å². The Morgan fingerprint density at radius 2 is 2.05 bits per heavy atom. The van der Waals surface area contributed by atoms with E-state index in [1.807, 2.05) is 50.6 Å². The van der Waals surface area contributed by atoms with Crippen molar-refractivity contribution in [1.29, 1.82) is 0 Å². The Labute approximate surface area is 232 Å². The van der Waals surface area contributed by atoms with Crippen LogP contribution in [-0.4, -0.2) is 57.1 Å². The molecule has 1 aliphatic heterocycles. The SMILES string of the molecule is CCC1CN(Cc2cc(C(CC(=O)O)c3ccc4c(nnn4CC)c3C)sc2C)S(O)(O)c2cnccc2O1. The van der Waals surface area contributed by atoms with Crippen LogP contribution >= 0.6 is 22.1 Å². The first-order chi connectivity index (χ1) is 18.6. The van der Waals surface area contributed by atoms with Gasteiger partial charge in [0.1, 0.15) is 22.3 Å². The Morgan fingerprint density at radius 3 is 2.77 bits per heavy atom. The lowest BCUT2D eigenvalue weighted by molar-refractivity contribution is -0.137. The van der Waals surface area contributed by atoms with Crippen molar-refractivity contribution in [3.8, 4) is 5.75 Å². The van der Waals surface area contributed by atoms with E-state index in [-0.39, 0.29) is 29.9 Å². The number of benzene rings is 1. The zero-order valence-electron chi connectivity index (χ0n) is 22.4. The van der Waals surface area contributed by atoms with E-state index in [0.717, 1.165) is 37.5 Å². The lowest BCUT2D eigenvalue weighted by atomic mass is 9.89. The van der Waals surface area contributed by atoms with Gasteiger partial charge >= 0.3 is 5.97 Å². The van der Waals surface area contributed by atoms with E-state index in [1.165, 1.54) is 6.20 Å². The topological polar surface area (TPSA) is 134 Å². The van der Waals surface area contributed by atoms with Gasteiger partial charge in [-0.25, -0.2) is 4.68 Å². The van der Waals surface area contributed by atoms with E-state index in [4.69, 9.17) is 4.74 Å². The number of hydrogen-bond acceptors (Lipinski definition) is 9. The van der Waals surface area contributed by atoms with E-state index in [1.54, 1.807) is 27.9 Å². The minimum atomic E-state index is -3.35. The number of carboxylic acid groups (broad SMARTS) is 1. The molecule has 2 unspecified atom stereocenters. The molecule has 0 amide bonds. The van der Waals surface area contributed by atoms with Crippen molar-refractivity contribution in [2.45, 2.75) is 70.5 Å². The Bertz CT molecular complexity index is 1520. The third-order valence-corrected chi connectivity index (χ3v) is 10.4. The molecule has 208 valence electrons. The minimum absolute atomic E-state index is 0.0721. The van der Waals surface area contributed by atoms with Gasteiger partial charge in [-0.1, -0.05) is 18.2 Å². The molecule has 0 saturated heterocycles. The van der Waals surface area contributed by atoms with Crippen molar-refractivity contribution in [2.75, 3.05) is 6.54 Å². The smallest absolute Gasteiger partial charge is 0.304 e. The average molecular weight is 572 g/mol. The van der Waals surface area contributed by atoms with Crippen molar-refractivity contribution >= 4 is 39.1 Å². The lowest BCUT2D eigenvalue weighted by Gasteiger charge is -2.41. The van der Waals surface area contributed by atoms with Crippen LogP contribution in [0.5, 0.6) is 5.75 Å². The van der Waals surface area contributed by atoms with Gasteiger partial charge in [0.15, 0.2) is 0 Å². The number of hydrogen-bond donors (Lipinski definition) is 3. The molecule has 3 N–H and O–H groups in total. The zero-order chi connectivity index (χ0) is 27.9. The molecule has 2 atom stereocenters. The predicted octanol–water partition coefficient (Wildman–Crippen LogP) is 5.83. The van der Waals surface area contributed by atoms with E-state index in [2.05, 4.69) is 15.3 Å². The highest BCUT2D eigenvalue weighted by Crippen LogP contribution is 2.57. The molecule has 3 aromatic heterocycles. The van der Waals surface area contributed by atoms with Crippen LogP contribution in [0.4, 0.5) is 0 Å². The van der Waals surface area contributed by atoms with Gasteiger partial charge in [0.2, 0.25) is 0 Å². The summed E-state index contributed by atoms with van der Waals surface area (Å²) in [6.45, 7) is 9.26. The molecular weight excluding hydrogens is 538 g/mol. The number of aromatic nitrogens is 4. The summed E-state index contributed by atoms with van der Waals surface area (Å²) >= 11 is 1.54. The van der Waals surface area contributed by atoms with Crippen molar-refractivity contribution in [2.24, 2.45) is 0 Å². The molecule has 1 aliphatic rings. The average Bonchev–Trinajstić information content (AvgIpc) is 3.47. The molecule has 12 heteroatoms. The van der Waals surface area contributed by atoms with Crippen molar-refractivity contribution in [1.82, 2.24) is 24.3 Å². The number of rotatable bonds is 8. The third kappa shape index (κ3) is 5.14. The molecular formula is C27H33N5O5S2. The summed E-state index contributed by atoms with van der Waals surface area (Å²) in [7, 11) is -3.35. The highest BCUT2D eigenvalue weighted by Gasteiger charge is 2.35. The van der Waals surface area contributed by atoms with Crippen LogP contribution in [0.1, 0.15) is 59.1 Å². The number of carbonyl (C=O) groups is 1. The summed E-state index contributed by atoms with van der Waals surface area (Å²) in [6, 6.07) is 7.61. The van der Waals surface area contributed by atoms with Gasteiger partial charge < -0.3 is 9.84 Å². The monoisotopic (exact) mass is 571 g/mol. The summed E-state index contributed by atoms with van der Waals surface area (Å²) in [5, 5.41) is 18.4.